The van der Waals surface area contributed by atoms with E-state index in [2.05, 4.69) is 12.2 Å². The van der Waals surface area contributed by atoms with Crippen LogP contribution < -0.4 is 0 Å². The van der Waals surface area contributed by atoms with E-state index >= 15 is 0 Å². The van der Waals surface area contributed by atoms with Crippen LogP contribution in [0, 0.1) is 23.7 Å². The first kappa shape index (κ1) is 11.2. The largest absolute Gasteiger partial charge is 0.353 e. The Bertz CT molecular complexity index is 383. The predicted octanol–water partition coefficient (Wildman–Crippen LogP) is 2.31. The molecule has 2 saturated carbocycles. The van der Waals surface area contributed by atoms with Gasteiger partial charge < -0.3 is 9.47 Å². The van der Waals surface area contributed by atoms with E-state index in [-0.39, 0.29) is 18.3 Å². The number of Topliss-reactive ketones (excluding diaryl/α,β-unsaturated/α-hetero) is 1. The average Bonchev–Trinajstić information content (AvgIpc) is 2.99. The second-order valence-electron chi connectivity index (χ2n) is 6.19. The minimum absolute atomic E-state index is 0.0570. The van der Waals surface area contributed by atoms with Gasteiger partial charge in [-0.25, -0.2) is 0 Å². The lowest BCUT2D eigenvalue weighted by Crippen LogP contribution is -2.32. The average molecular weight is 248 g/mol. The van der Waals surface area contributed by atoms with E-state index in [4.69, 9.17) is 9.47 Å². The molecule has 98 valence electrons. The summed E-state index contributed by atoms with van der Waals surface area (Å²) >= 11 is 0. The molecule has 3 aliphatic carbocycles. The van der Waals surface area contributed by atoms with Crippen molar-refractivity contribution in [3.05, 3.63) is 12.2 Å². The fraction of sp³-hybridized carbons (Fsp3) is 0.800. The molecule has 1 aliphatic heterocycles. The van der Waals surface area contributed by atoms with Crippen LogP contribution in [-0.4, -0.2) is 24.8 Å². The zero-order chi connectivity index (χ0) is 12.1. The summed E-state index contributed by atoms with van der Waals surface area (Å²) in [5.41, 5.74) is 0. The van der Waals surface area contributed by atoms with Crippen molar-refractivity contribution in [3.63, 3.8) is 0 Å². The van der Waals surface area contributed by atoms with Crippen LogP contribution in [0.4, 0.5) is 0 Å². The lowest BCUT2D eigenvalue weighted by Gasteiger charge is -2.28. The van der Waals surface area contributed by atoms with Gasteiger partial charge in [0.25, 0.3) is 0 Å². The molecule has 0 radical (unpaired) electrons. The topological polar surface area (TPSA) is 35.5 Å². The van der Waals surface area contributed by atoms with Gasteiger partial charge in [-0.2, -0.15) is 0 Å². The molecule has 6 atom stereocenters. The molecule has 0 unspecified atom stereocenters. The van der Waals surface area contributed by atoms with Gasteiger partial charge in [0.2, 0.25) is 0 Å². The van der Waals surface area contributed by atoms with Crippen molar-refractivity contribution in [1.29, 1.82) is 0 Å². The Morgan fingerprint density at radius 1 is 1.22 bits per heavy atom. The molecule has 0 aromatic carbocycles. The van der Waals surface area contributed by atoms with Crippen molar-refractivity contribution in [2.75, 3.05) is 6.61 Å². The SMILES string of the molecule is O=C1C[C@@H]2C=C[C@@H]3C[C@H](O[C@@H]4CCCCO4)[C@H]1[C@@H]32. The molecule has 3 nitrogen and oxygen atoms in total. The second-order valence-corrected chi connectivity index (χ2v) is 6.19. The number of hydrogen-bond donors (Lipinski definition) is 0. The highest BCUT2D eigenvalue weighted by Gasteiger charge is 2.56. The molecular formula is C15H20O3. The first-order valence-electron chi connectivity index (χ1n) is 7.31. The van der Waals surface area contributed by atoms with Crippen LogP contribution in [-0.2, 0) is 14.3 Å². The number of hydrogen-bond acceptors (Lipinski definition) is 3. The van der Waals surface area contributed by atoms with E-state index in [1.807, 2.05) is 0 Å². The van der Waals surface area contributed by atoms with E-state index < -0.39 is 0 Å². The van der Waals surface area contributed by atoms with Crippen LogP contribution in [0.1, 0.15) is 32.1 Å². The van der Waals surface area contributed by atoms with Gasteiger partial charge in [0, 0.05) is 18.9 Å². The van der Waals surface area contributed by atoms with Crippen LogP contribution in [0.5, 0.6) is 0 Å². The van der Waals surface area contributed by atoms with Crippen molar-refractivity contribution in [2.24, 2.45) is 23.7 Å². The van der Waals surface area contributed by atoms with Crippen molar-refractivity contribution in [1.82, 2.24) is 0 Å². The fourth-order valence-corrected chi connectivity index (χ4v) is 4.44. The minimum atomic E-state index is -0.0570. The molecule has 3 heteroatoms. The Morgan fingerprint density at radius 2 is 2.11 bits per heavy atom. The van der Waals surface area contributed by atoms with Crippen molar-refractivity contribution >= 4 is 5.78 Å². The van der Waals surface area contributed by atoms with Gasteiger partial charge in [0.15, 0.2) is 6.29 Å². The van der Waals surface area contributed by atoms with Crippen LogP contribution >= 0.6 is 0 Å². The second kappa shape index (κ2) is 4.17. The smallest absolute Gasteiger partial charge is 0.157 e. The van der Waals surface area contributed by atoms with Gasteiger partial charge in [-0.3, -0.25) is 4.79 Å². The van der Waals surface area contributed by atoms with Gasteiger partial charge >= 0.3 is 0 Å². The Morgan fingerprint density at radius 3 is 2.94 bits per heavy atom. The summed E-state index contributed by atoms with van der Waals surface area (Å²) in [6, 6.07) is 0. The molecule has 0 aromatic rings. The molecule has 3 fully saturated rings. The molecule has 1 heterocycles. The molecule has 0 aromatic heterocycles. The summed E-state index contributed by atoms with van der Waals surface area (Å²) in [4.78, 5) is 12.1. The first-order chi connectivity index (χ1) is 8.83. The Hall–Kier alpha value is -0.670. The van der Waals surface area contributed by atoms with Crippen molar-refractivity contribution < 1.29 is 14.3 Å². The third-order valence-corrected chi connectivity index (χ3v) is 5.19. The summed E-state index contributed by atoms with van der Waals surface area (Å²) in [7, 11) is 0. The maximum atomic E-state index is 12.1. The molecule has 4 aliphatic rings. The molecule has 0 bridgehead atoms. The highest BCUT2D eigenvalue weighted by molar-refractivity contribution is 5.85. The van der Waals surface area contributed by atoms with Crippen LogP contribution in [0.2, 0.25) is 0 Å². The summed E-state index contributed by atoms with van der Waals surface area (Å²) in [5, 5.41) is 0. The predicted molar refractivity (Wildman–Crippen MR) is 65.8 cm³/mol. The highest BCUT2D eigenvalue weighted by Crippen LogP contribution is 2.54. The summed E-state index contributed by atoms with van der Waals surface area (Å²) in [6.07, 6.45) is 9.73. The highest BCUT2D eigenvalue weighted by atomic mass is 16.7. The first-order valence-corrected chi connectivity index (χ1v) is 7.31. The van der Waals surface area contributed by atoms with Gasteiger partial charge in [0.1, 0.15) is 5.78 Å². The quantitative estimate of drug-likeness (QED) is 0.703. The van der Waals surface area contributed by atoms with E-state index in [0.717, 1.165) is 32.3 Å². The number of carbonyl (C=O) groups is 1. The number of rotatable bonds is 2. The number of carbonyl (C=O) groups excluding carboxylic acids is 1. The summed E-state index contributed by atoms with van der Waals surface area (Å²) in [6.45, 7) is 0.811. The fourth-order valence-electron chi connectivity index (χ4n) is 4.44. The zero-order valence-electron chi connectivity index (χ0n) is 10.6. The lowest BCUT2D eigenvalue weighted by atomic mass is 9.91. The van der Waals surface area contributed by atoms with Crippen molar-refractivity contribution in [3.8, 4) is 0 Å². The van der Waals surface area contributed by atoms with Crippen molar-refractivity contribution in [2.45, 2.75) is 44.5 Å². The summed E-state index contributed by atoms with van der Waals surface area (Å²) < 4.78 is 11.8. The number of ketones is 1. The maximum absolute atomic E-state index is 12.1. The molecule has 0 amide bonds. The maximum Gasteiger partial charge on any atom is 0.157 e. The Labute approximate surface area is 108 Å². The van der Waals surface area contributed by atoms with Gasteiger partial charge in [-0.05, 0) is 43.4 Å². The molecule has 0 N–H and O–H groups in total. The molecule has 1 saturated heterocycles. The van der Waals surface area contributed by atoms with Gasteiger partial charge in [0.05, 0.1) is 6.10 Å². The van der Waals surface area contributed by atoms with E-state index in [1.165, 1.54) is 6.42 Å². The Balaban J connectivity index is 1.49. The number of ether oxygens (including phenoxy) is 2. The van der Waals surface area contributed by atoms with E-state index in [9.17, 15) is 4.79 Å². The molecular weight excluding hydrogens is 228 g/mol. The standard InChI is InChI=1S/C15H20O3/c16-11-7-9-4-5-10-8-12(15(11)14(9)10)18-13-3-1-2-6-17-13/h4-5,9-10,12-15H,1-3,6-8H2/t9-,10+,12-,13+,14+,15-/m0/s1. The van der Waals surface area contributed by atoms with E-state index in [1.54, 1.807) is 0 Å². The van der Waals surface area contributed by atoms with E-state index in [0.29, 0.717) is 23.5 Å². The van der Waals surface area contributed by atoms with Crippen LogP contribution in [0.25, 0.3) is 0 Å². The van der Waals surface area contributed by atoms with Gasteiger partial charge in [-0.15, -0.1) is 0 Å². The van der Waals surface area contributed by atoms with Crippen LogP contribution in [0.3, 0.4) is 0 Å². The monoisotopic (exact) mass is 248 g/mol. The third-order valence-electron chi connectivity index (χ3n) is 5.19. The summed E-state index contributed by atoms with van der Waals surface area (Å²) in [5.74, 6) is 2.22. The zero-order valence-corrected chi connectivity index (χ0v) is 10.6. The minimum Gasteiger partial charge on any atom is -0.353 e. The molecule has 0 spiro atoms. The lowest BCUT2D eigenvalue weighted by molar-refractivity contribution is -0.195. The molecule has 4 rings (SSSR count). The van der Waals surface area contributed by atoms with Gasteiger partial charge in [-0.1, -0.05) is 12.2 Å². The number of allylic oxidation sites excluding steroid dienone is 2. The van der Waals surface area contributed by atoms with Crippen LogP contribution in [0.15, 0.2) is 12.2 Å². The Kier molecular flexibility index (Phi) is 2.59. The third kappa shape index (κ3) is 1.60. The normalized spacial score (nSPS) is 49.9. The molecule has 18 heavy (non-hydrogen) atoms.